The van der Waals surface area contributed by atoms with Gasteiger partial charge in [0, 0.05) is 11.1 Å². The summed E-state index contributed by atoms with van der Waals surface area (Å²) in [6.45, 7) is 0.339. The Bertz CT molecular complexity index is 575. The second kappa shape index (κ2) is 6.93. The van der Waals surface area contributed by atoms with Gasteiger partial charge in [-0.05, 0) is 48.4 Å². The first-order valence-corrected chi connectivity index (χ1v) is 6.88. The first-order valence-electron chi connectivity index (χ1n) is 6.12. The van der Waals surface area contributed by atoms with E-state index in [1.807, 2.05) is 0 Å². The summed E-state index contributed by atoms with van der Waals surface area (Å²) >= 11 is 11.4. The Morgan fingerprint density at radius 3 is 2.45 bits per heavy atom. The van der Waals surface area contributed by atoms with E-state index >= 15 is 0 Å². The summed E-state index contributed by atoms with van der Waals surface area (Å²) in [7, 11) is 0. The Morgan fingerprint density at radius 2 is 1.80 bits per heavy atom. The van der Waals surface area contributed by atoms with E-state index in [0.717, 1.165) is 5.56 Å². The third kappa shape index (κ3) is 4.37. The molecule has 1 unspecified atom stereocenters. The molecule has 2 nitrogen and oxygen atoms in total. The zero-order valence-electron chi connectivity index (χ0n) is 10.7. The number of hydrogen-bond donors (Lipinski definition) is 1. The van der Waals surface area contributed by atoms with Crippen LogP contribution >= 0.6 is 23.2 Å². The predicted molar refractivity (Wildman–Crippen MR) is 80.0 cm³/mol. The average molecular weight is 314 g/mol. The molecule has 20 heavy (non-hydrogen) atoms. The molecule has 0 radical (unpaired) electrons. The lowest BCUT2D eigenvalue weighted by atomic mass is 10.1. The molecule has 5 heteroatoms. The first-order chi connectivity index (χ1) is 9.54. The highest BCUT2D eigenvalue weighted by Gasteiger charge is 2.08. The highest BCUT2D eigenvalue weighted by molar-refractivity contribution is 6.30. The fourth-order valence-corrected chi connectivity index (χ4v) is 2.01. The minimum Gasteiger partial charge on any atom is -0.492 e. The van der Waals surface area contributed by atoms with E-state index in [4.69, 9.17) is 33.7 Å². The first kappa shape index (κ1) is 15.1. The summed E-state index contributed by atoms with van der Waals surface area (Å²) in [5.74, 6) is 0.266. The molecule has 2 rings (SSSR count). The van der Waals surface area contributed by atoms with Gasteiger partial charge in [-0.1, -0.05) is 29.3 Å². The lowest BCUT2D eigenvalue weighted by molar-refractivity contribution is 0.287. The molecule has 0 aromatic heterocycles. The lowest BCUT2D eigenvalue weighted by Gasteiger charge is -2.13. The van der Waals surface area contributed by atoms with Crippen molar-refractivity contribution in [3.8, 4) is 5.75 Å². The van der Waals surface area contributed by atoms with Gasteiger partial charge in [-0.25, -0.2) is 4.39 Å². The summed E-state index contributed by atoms with van der Waals surface area (Å²) < 4.78 is 18.8. The maximum absolute atomic E-state index is 13.3. The molecule has 0 spiro atoms. The second-order valence-corrected chi connectivity index (χ2v) is 5.32. The maximum atomic E-state index is 13.3. The number of benzene rings is 2. The van der Waals surface area contributed by atoms with Gasteiger partial charge in [0.15, 0.2) is 0 Å². The van der Waals surface area contributed by atoms with Crippen LogP contribution in [0, 0.1) is 5.82 Å². The summed E-state index contributed by atoms with van der Waals surface area (Å²) in [6, 6.07) is 11.5. The molecule has 2 N–H and O–H groups in total. The van der Waals surface area contributed by atoms with E-state index in [9.17, 15) is 4.39 Å². The molecular weight excluding hydrogens is 300 g/mol. The topological polar surface area (TPSA) is 35.2 Å². The minimum atomic E-state index is -0.435. The van der Waals surface area contributed by atoms with Crippen LogP contribution in [-0.2, 0) is 6.42 Å². The number of nitrogens with two attached hydrogens (primary N) is 1. The summed E-state index contributed by atoms with van der Waals surface area (Å²) in [4.78, 5) is 0. The van der Waals surface area contributed by atoms with Gasteiger partial charge in [-0.2, -0.15) is 0 Å². The molecule has 0 aliphatic heterocycles. The number of ether oxygens (including phenoxy) is 1. The van der Waals surface area contributed by atoms with Crippen molar-refractivity contribution in [3.63, 3.8) is 0 Å². The van der Waals surface area contributed by atoms with E-state index in [-0.39, 0.29) is 11.1 Å². The van der Waals surface area contributed by atoms with Crippen LogP contribution in [0.2, 0.25) is 10.0 Å². The molecule has 0 saturated carbocycles. The summed E-state index contributed by atoms with van der Waals surface area (Å²) in [6.07, 6.45) is 0.516. The minimum absolute atomic E-state index is 0.111. The van der Waals surface area contributed by atoms with Gasteiger partial charge in [0.25, 0.3) is 0 Å². The van der Waals surface area contributed by atoms with Crippen molar-refractivity contribution < 1.29 is 9.13 Å². The lowest BCUT2D eigenvalue weighted by Crippen LogP contribution is -2.30. The van der Waals surface area contributed by atoms with Gasteiger partial charge < -0.3 is 10.5 Å². The van der Waals surface area contributed by atoms with Crippen LogP contribution in [0.5, 0.6) is 5.75 Å². The molecule has 0 saturated heterocycles. The van der Waals surface area contributed by atoms with Crippen molar-refractivity contribution in [1.29, 1.82) is 0 Å². The van der Waals surface area contributed by atoms with Crippen molar-refractivity contribution in [2.75, 3.05) is 6.61 Å². The van der Waals surface area contributed by atoms with Crippen LogP contribution in [-0.4, -0.2) is 12.6 Å². The van der Waals surface area contributed by atoms with E-state index in [1.165, 1.54) is 12.1 Å². The Hall–Kier alpha value is -1.29. The maximum Gasteiger partial charge on any atom is 0.142 e. The quantitative estimate of drug-likeness (QED) is 0.902. The Balaban J connectivity index is 1.87. The Kier molecular flexibility index (Phi) is 5.24. The van der Waals surface area contributed by atoms with Crippen molar-refractivity contribution in [1.82, 2.24) is 0 Å². The smallest absolute Gasteiger partial charge is 0.142 e. The monoisotopic (exact) mass is 313 g/mol. The molecule has 0 heterocycles. The third-order valence-corrected chi connectivity index (χ3v) is 3.32. The number of hydrogen-bond acceptors (Lipinski definition) is 2. The fourth-order valence-electron chi connectivity index (χ4n) is 1.76. The van der Waals surface area contributed by atoms with E-state index < -0.39 is 5.82 Å². The molecule has 106 valence electrons. The average Bonchev–Trinajstić information content (AvgIpc) is 2.42. The molecule has 2 aromatic rings. The highest BCUT2D eigenvalue weighted by Crippen LogP contribution is 2.18. The zero-order chi connectivity index (χ0) is 14.5. The van der Waals surface area contributed by atoms with Gasteiger partial charge in [-0.3, -0.25) is 0 Å². The summed E-state index contributed by atoms with van der Waals surface area (Å²) in [5, 5.41) is 0.762. The highest BCUT2D eigenvalue weighted by atomic mass is 35.5. The van der Waals surface area contributed by atoms with Crippen LogP contribution in [0.25, 0.3) is 0 Å². The molecular formula is C15H14Cl2FNO. The van der Waals surface area contributed by atoms with Crippen LogP contribution in [0.3, 0.4) is 0 Å². The molecule has 2 aromatic carbocycles. The van der Waals surface area contributed by atoms with Gasteiger partial charge in [0.2, 0.25) is 0 Å². The molecule has 0 fully saturated rings. The Morgan fingerprint density at radius 1 is 1.10 bits per heavy atom. The van der Waals surface area contributed by atoms with Crippen molar-refractivity contribution in [2.24, 2.45) is 5.73 Å². The zero-order valence-corrected chi connectivity index (χ0v) is 12.2. The van der Waals surface area contributed by atoms with Gasteiger partial charge in [0.05, 0.1) is 5.02 Å². The SMILES string of the molecule is NC(COc1ccc(Cl)cc1)Cc1ccc(Cl)c(F)c1. The van der Waals surface area contributed by atoms with Gasteiger partial charge in [0.1, 0.15) is 18.2 Å². The summed E-state index contributed by atoms with van der Waals surface area (Å²) in [5.41, 5.74) is 6.76. The van der Waals surface area contributed by atoms with Crippen LogP contribution < -0.4 is 10.5 Å². The standard InChI is InChI=1S/C15H14Cl2FNO/c16-11-2-4-13(5-3-11)20-9-12(19)7-10-1-6-14(17)15(18)8-10/h1-6,8,12H,7,9,19H2. The van der Waals surface area contributed by atoms with Crippen molar-refractivity contribution in [2.45, 2.75) is 12.5 Å². The number of halogens is 3. The second-order valence-electron chi connectivity index (χ2n) is 4.48. The van der Waals surface area contributed by atoms with Gasteiger partial charge in [-0.15, -0.1) is 0 Å². The van der Waals surface area contributed by atoms with Crippen LogP contribution in [0.15, 0.2) is 42.5 Å². The molecule has 0 aliphatic carbocycles. The molecule has 0 aliphatic rings. The molecule has 1 atom stereocenters. The van der Waals surface area contributed by atoms with Crippen molar-refractivity contribution >= 4 is 23.2 Å². The van der Waals surface area contributed by atoms with Crippen LogP contribution in [0.4, 0.5) is 4.39 Å². The largest absolute Gasteiger partial charge is 0.492 e. The fraction of sp³-hybridized carbons (Fsp3) is 0.200. The van der Waals surface area contributed by atoms with Gasteiger partial charge >= 0.3 is 0 Å². The van der Waals surface area contributed by atoms with Crippen LogP contribution in [0.1, 0.15) is 5.56 Å². The van der Waals surface area contributed by atoms with Crippen molar-refractivity contribution in [3.05, 3.63) is 63.9 Å². The van der Waals surface area contributed by atoms with E-state index in [0.29, 0.717) is 23.8 Å². The molecule has 0 bridgehead atoms. The molecule has 0 amide bonds. The third-order valence-electron chi connectivity index (χ3n) is 2.76. The normalized spacial score (nSPS) is 12.2. The number of rotatable bonds is 5. The Labute approximate surface area is 127 Å². The van der Waals surface area contributed by atoms with E-state index in [1.54, 1.807) is 30.3 Å². The predicted octanol–water partition coefficient (Wildman–Crippen LogP) is 4.08. The van der Waals surface area contributed by atoms with E-state index in [2.05, 4.69) is 0 Å².